The minimum Gasteiger partial charge on any atom is -0.465 e. The third-order valence-electron chi connectivity index (χ3n) is 6.47. The Morgan fingerprint density at radius 1 is 1.18 bits per heavy atom. The number of hydrogen-bond acceptors (Lipinski definition) is 4. The van der Waals surface area contributed by atoms with Gasteiger partial charge in [-0.1, -0.05) is 51.1 Å². The van der Waals surface area contributed by atoms with Crippen LogP contribution in [0.3, 0.4) is 0 Å². The lowest BCUT2D eigenvalue weighted by Gasteiger charge is -2.40. The van der Waals surface area contributed by atoms with Gasteiger partial charge < -0.3 is 25.1 Å². The lowest BCUT2D eigenvalue weighted by atomic mass is 10.0. The quantitative estimate of drug-likeness (QED) is 0.338. The van der Waals surface area contributed by atoms with E-state index in [-0.39, 0.29) is 11.6 Å². The van der Waals surface area contributed by atoms with Crippen LogP contribution in [0.5, 0.6) is 0 Å². The molecular formula is C25H38FN3O3Si. The van der Waals surface area contributed by atoms with Crippen molar-refractivity contribution < 1.29 is 18.7 Å². The highest BCUT2D eigenvalue weighted by molar-refractivity contribution is 6.74. The smallest absolute Gasteiger partial charge is 0.407 e. The highest BCUT2D eigenvalue weighted by atomic mass is 28.4. The molecule has 3 N–H and O–H groups in total. The van der Waals surface area contributed by atoms with Crippen LogP contribution in [0.2, 0.25) is 18.1 Å². The lowest BCUT2D eigenvalue weighted by Crippen LogP contribution is -2.42. The molecule has 2 rings (SSSR count). The molecule has 1 atom stereocenters. The standard InChI is InChI=1S/C25H38FN3O3Si/c1-25(2,3)33(6,7)32-22(13-14-28(4)24(30)31)20-15-19(26)16-21(23(20)27)29(5)17-18-11-9-8-10-12-18/h8-12,15-16,22H,13-14,17,27H2,1-7H3,(H,30,31). The molecule has 0 saturated carbocycles. The second-order valence-electron chi connectivity index (χ2n) is 10.1. The number of carboxylic acid groups (broad SMARTS) is 1. The van der Waals surface area contributed by atoms with Crippen molar-refractivity contribution in [3.63, 3.8) is 0 Å². The molecule has 0 fully saturated rings. The largest absolute Gasteiger partial charge is 0.465 e. The number of hydrogen-bond donors (Lipinski definition) is 2. The molecule has 0 saturated heterocycles. The van der Waals surface area contributed by atoms with Crippen LogP contribution in [0.25, 0.3) is 0 Å². The summed E-state index contributed by atoms with van der Waals surface area (Å²) in [5.41, 5.74) is 9.29. The zero-order valence-electron chi connectivity index (χ0n) is 20.9. The van der Waals surface area contributed by atoms with E-state index in [1.807, 2.05) is 42.3 Å². The zero-order valence-corrected chi connectivity index (χ0v) is 21.9. The predicted molar refractivity (Wildman–Crippen MR) is 136 cm³/mol. The summed E-state index contributed by atoms with van der Waals surface area (Å²) in [4.78, 5) is 14.5. The monoisotopic (exact) mass is 475 g/mol. The average Bonchev–Trinajstić information content (AvgIpc) is 2.72. The fourth-order valence-corrected chi connectivity index (χ4v) is 4.68. The van der Waals surface area contributed by atoms with E-state index in [4.69, 9.17) is 10.2 Å². The number of nitrogen functional groups attached to an aromatic ring is 1. The van der Waals surface area contributed by atoms with E-state index in [1.165, 1.54) is 24.1 Å². The molecule has 2 aromatic carbocycles. The number of anilines is 2. The van der Waals surface area contributed by atoms with Crippen molar-refractivity contribution in [1.82, 2.24) is 4.90 Å². The van der Waals surface area contributed by atoms with Crippen molar-refractivity contribution in [3.05, 3.63) is 59.4 Å². The topological polar surface area (TPSA) is 79.0 Å². The predicted octanol–water partition coefficient (Wildman–Crippen LogP) is 6.11. The highest BCUT2D eigenvalue weighted by Gasteiger charge is 2.40. The second kappa shape index (κ2) is 10.6. The molecule has 0 aliphatic rings. The molecule has 0 bridgehead atoms. The summed E-state index contributed by atoms with van der Waals surface area (Å²) in [6.45, 7) is 11.5. The molecule has 2 aromatic rings. The van der Waals surface area contributed by atoms with Crippen LogP contribution in [0, 0.1) is 5.82 Å². The van der Waals surface area contributed by atoms with Crippen LogP contribution >= 0.6 is 0 Å². The Morgan fingerprint density at radius 2 is 1.79 bits per heavy atom. The van der Waals surface area contributed by atoms with Gasteiger partial charge >= 0.3 is 6.09 Å². The number of nitrogens with two attached hydrogens (primary N) is 1. The summed E-state index contributed by atoms with van der Waals surface area (Å²) >= 11 is 0. The number of amides is 1. The van der Waals surface area contributed by atoms with Gasteiger partial charge in [-0.3, -0.25) is 0 Å². The summed E-state index contributed by atoms with van der Waals surface area (Å²) < 4.78 is 21.5. The Kier molecular flexibility index (Phi) is 8.54. The van der Waals surface area contributed by atoms with Crippen LogP contribution in [0.1, 0.15) is 44.4 Å². The lowest BCUT2D eigenvalue weighted by molar-refractivity contribution is 0.134. The van der Waals surface area contributed by atoms with Crippen molar-refractivity contribution in [1.29, 1.82) is 0 Å². The Bertz CT molecular complexity index is 948. The Morgan fingerprint density at radius 3 is 2.33 bits per heavy atom. The molecule has 0 spiro atoms. The van der Waals surface area contributed by atoms with Crippen molar-refractivity contribution in [2.75, 3.05) is 31.3 Å². The maximum absolute atomic E-state index is 14.8. The van der Waals surface area contributed by atoms with Gasteiger partial charge in [0.2, 0.25) is 0 Å². The third-order valence-corrected chi connectivity index (χ3v) is 11.0. The maximum Gasteiger partial charge on any atom is 0.407 e. The van der Waals surface area contributed by atoms with Gasteiger partial charge in [-0.15, -0.1) is 0 Å². The highest BCUT2D eigenvalue weighted by Crippen LogP contribution is 2.43. The summed E-state index contributed by atoms with van der Waals surface area (Å²) in [5.74, 6) is -0.399. The molecule has 0 aliphatic carbocycles. The fourth-order valence-electron chi connectivity index (χ4n) is 3.37. The number of rotatable bonds is 9. The minimum atomic E-state index is -2.25. The number of halogens is 1. The molecule has 1 unspecified atom stereocenters. The Labute approximate surface area is 198 Å². The van der Waals surface area contributed by atoms with Gasteiger partial charge in [-0.25, -0.2) is 9.18 Å². The van der Waals surface area contributed by atoms with Crippen LogP contribution in [-0.2, 0) is 11.0 Å². The van der Waals surface area contributed by atoms with Crippen LogP contribution < -0.4 is 10.6 Å². The number of nitrogens with zero attached hydrogens (tertiary/aromatic N) is 2. The number of benzene rings is 2. The van der Waals surface area contributed by atoms with Gasteiger partial charge in [0.05, 0.1) is 17.5 Å². The fraction of sp³-hybridized carbons (Fsp3) is 0.480. The molecule has 182 valence electrons. The SMILES string of the molecule is CN(CCC(O[Si](C)(C)C(C)(C)C)c1cc(F)cc(N(C)Cc2ccccc2)c1N)C(=O)O. The second-order valence-corrected chi connectivity index (χ2v) is 14.9. The summed E-state index contributed by atoms with van der Waals surface area (Å²) in [7, 11) is 1.14. The van der Waals surface area contributed by atoms with Crippen molar-refractivity contribution >= 4 is 25.8 Å². The van der Waals surface area contributed by atoms with Crippen LogP contribution in [0.15, 0.2) is 42.5 Å². The van der Waals surface area contributed by atoms with Crippen molar-refractivity contribution in [2.45, 2.75) is 58.0 Å². The first-order valence-electron chi connectivity index (χ1n) is 11.2. The van der Waals surface area contributed by atoms with Crippen molar-refractivity contribution in [3.8, 4) is 0 Å². The summed E-state index contributed by atoms with van der Waals surface area (Å²) in [5, 5.41) is 9.22. The Hall–Kier alpha value is -2.58. The van der Waals surface area contributed by atoms with E-state index in [1.54, 1.807) is 0 Å². The molecule has 1 amide bonds. The summed E-state index contributed by atoms with van der Waals surface area (Å²) in [6.07, 6.45) is -1.16. The van der Waals surface area contributed by atoms with Gasteiger partial charge in [-0.05, 0) is 42.2 Å². The van der Waals surface area contributed by atoms with Crippen LogP contribution in [-0.4, -0.2) is 45.1 Å². The number of carbonyl (C=O) groups is 1. The van der Waals surface area contributed by atoms with Gasteiger partial charge in [0.1, 0.15) is 5.82 Å². The van der Waals surface area contributed by atoms with Gasteiger partial charge in [0, 0.05) is 32.7 Å². The molecular weight excluding hydrogens is 437 g/mol. The first-order chi connectivity index (χ1) is 15.2. The van der Waals surface area contributed by atoms with Crippen molar-refractivity contribution in [2.24, 2.45) is 0 Å². The molecule has 8 heteroatoms. The normalized spacial score (nSPS) is 13.0. The van der Waals surface area contributed by atoms with Gasteiger partial charge in [0.25, 0.3) is 0 Å². The van der Waals surface area contributed by atoms with E-state index in [0.29, 0.717) is 29.9 Å². The third kappa shape index (κ3) is 6.95. The Balaban J connectivity index is 2.45. The average molecular weight is 476 g/mol. The first kappa shape index (κ1) is 26.7. The first-order valence-corrected chi connectivity index (χ1v) is 14.1. The van der Waals surface area contributed by atoms with Gasteiger partial charge in [0.15, 0.2) is 8.32 Å². The minimum absolute atomic E-state index is 0.0705. The molecule has 0 aliphatic heterocycles. The molecule has 0 aromatic heterocycles. The summed E-state index contributed by atoms with van der Waals surface area (Å²) in [6, 6.07) is 12.8. The molecule has 0 heterocycles. The van der Waals surface area contributed by atoms with E-state index < -0.39 is 26.3 Å². The van der Waals surface area contributed by atoms with E-state index in [0.717, 1.165) is 5.56 Å². The van der Waals surface area contributed by atoms with E-state index >= 15 is 0 Å². The van der Waals surface area contributed by atoms with Crippen LogP contribution in [0.4, 0.5) is 20.6 Å². The molecule has 6 nitrogen and oxygen atoms in total. The maximum atomic E-state index is 14.8. The van der Waals surface area contributed by atoms with E-state index in [2.05, 4.69) is 33.9 Å². The molecule has 33 heavy (non-hydrogen) atoms. The zero-order chi connectivity index (χ0) is 25.0. The van der Waals surface area contributed by atoms with E-state index in [9.17, 15) is 14.3 Å². The molecule has 0 radical (unpaired) electrons. The van der Waals surface area contributed by atoms with Gasteiger partial charge in [-0.2, -0.15) is 0 Å².